The minimum atomic E-state index is -0.597. The van der Waals surface area contributed by atoms with Crippen LogP contribution in [0.15, 0.2) is 59.1 Å². The molecule has 1 atom stereocenters. The molecule has 2 amide bonds. The highest BCUT2D eigenvalue weighted by molar-refractivity contribution is 9.10. The number of amides is 2. The second kappa shape index (κ2) is 9.22. The van der Waals surface area contributed by atoms with Crippen molar-refractivity contribution >= 4 is 27.7 Å². The molecule has 132 valence electrons. The second-order valence-corrected chi connectivity index (χ2v) is 6.46. The summed E-state index contributed by atoms with van der Waals surface area (Å²) in [6.07, 6.45) is 0. The van der Waals surface area contributed by atoms with Gasteiger partial charge in [-0.05, 0) is 36.8 Å². The van der Waals surface area contributed by atoms with E-state index in [0.717, 1.165) is 10.0 Å². The van der Waals surface area contributed by atoms with Gasteiger partial charge >= 0.3 is 0 Å². The van der Waals surface area contributed by atoms with E-state index in [1.807, 2.05) is 42.5 Å². The van der Waals surface area contributed by atoms with Gasteiger partial charge < -0.3 is 15.0 Å². The molecule has 0 saturated heterocycles. The van der Waals surface area contributed by atoms with Crippen molar-refractivity contribution in [1.29, 1.82) is 0 Å². The first-order valence-corrected chi connectivity index (χ1v) is 8.74. The molecule has 2 rings (SSSR count). The zero-order chi connectivity index (χ0) is 18.2. The molecule has 6 heteroatoms. The first kappa shape index (κ1) is 19.0. The van der Waals surface area contributed by atoms with Gasteiger partial charge in [0, 0.05) is 18.1 Å². The molecule has 0 aliphatic heterocycles. The van der Waals surface area contributed by atoms with Crippen LogP contribution in [0.25, 0.3) is 0 Å². The van der Waals surface area contributed by atoms with Crippen molar-refractivity contribution in [2.75, 3.05) is 13.7 Å². The average molecular weight is 405 g/mol. The monoisotopic (exact) mass is 404 g/mol. The average Bonchev–Trinajstić information content (AvgIpc) is 2.65. The Balaban J connectivity index is 2.10. The number of hydrogen-bond donors (Lipinski definition) is 1. The fourth-order valence-electron chi connectivity index (χ4n) is 2.32. The number of hydrogen-bond acceptors (Lipinski definition) is 3. The summed E-state index contributed by atoms with van der Waals surface area (Å²) in [5.41, 5.74) is 0.937. The molecule has 2 aromatic rings. The van der Waals surface area contributed by atoms with Gasteiger partial charge in [0.2, 0.25) is 5.91 Å². The summed E-state index contributed by atoms with van der Waals surface area (Å²) in [5, 5.41) is 2.59. The summed E-state index contributed by atoms with van der Waals surface area (Å²) >= 11 is 3.39. The Morgan fingerprint density at radius 1 is 1.12 bits per heavy atom. The molecule has 5 nitrogen and oxygen atoms in total. The van der Waals surface area contributed by atoms with E-state index in [-0.39, 0.29) is 18.4 Å². The molecule has 0 radical (unpaired) electrons. The molecule has 2 aromatic carbocycles. The van der Waals surface area contributed by atoms with E-state index in [4.69, 9.17) is 4.74 Å². The fraction of sp³-hybridized carbons (Fsp3) is 0.263. The molecule has 25 heavy (non-hydrogen) atoms. The highest BCUT2D eigenvalue weighted by Crippen LogP contribution is 2.15. The van der Waals surface area contributed by atoms with Crippen LogP contribution >= 0.6 is 15.9 Å². The van der Waals surface area contributed by atoms with Gasteiger partial charge in [0.1, 0.15) is 11.8 Å². The van der Waals surface area contributed by atoms with Crippen molar-refractivity contribution in [1.82, 2.24) is 10.2 Å². The molecular formula is C19H21BrN2O3. The Hall–Kier alpha value is -2.34. The minimum absolute atomic E-state index is 0.123. The number of carbonyl (C=O) groups excluding carboxylic acids is 2. The zero-order valence-corrected chi connectivity index (χ0v) is 15.8. The van der Waals surface area contributed by atoms with Crippen LogP contribution in [0.1, 0.15) is 12.5 Å². The lowest BCUT2D eigenvalue weighted by atomic mass is 10.1. The third kappa shape index (κ3) is 5.60. The Labute approximate surface area is 156 Å². The number of carbonyl (C=O) groups is 2. The number of para-hydroxylation sites is 1. The number of benzene rings is 2. The third-order valence-electron chi connectivity index (χ3n) is 3.79. The van der Waals surface area contributed by atoms with Gasteiger partial charge in [-0.2, -0.15) is 0 Å². The molecule has 0 aromatic heterocycles. The van der Waals surface area contributed by atoms with Crippen molar-refractivity contribution in [3.8, 4) is 5.75 Å². The normalized spacial score (nSPS) is 11.5. The molecule has 0 fully saturated rings. The summed E-state index contributed by atoms with van der Waals surface area (Å²) in [6.45, 7) is 1.92. The topological polar surface area (TPSA) is 58.6 Å². The van der Waals surface area contributed by atoms with Crippen LogP contribution in [0, 0.1) is 0 Å². The van der Waals surface area contributed by atoms with E-state index >= 15 is 0 Å². The zero-order valence-electron chi connectivity index (χ0n) is 14.2. The molecule has 0 heterocycles. The predicted octanol–water partition coefficient (Wildman–Crippen LogP) is 2.99. The fourth-order valence-corrected chi connectivity index (χ4v) is 2.59. The van der Waals surface area contributed by atoms with Crippen LogP contribution in [0.2, 0.25) is 0 Å². The van der Waals surface area contributed by atoms with Crippen LogP contribution < -0.4 is 10.1 Å². The number of nitrogens with zero attached hydrogens (tertiary/aromatic N) is 1. The smallest absolute Gasteiger partial charge is 0.261 e. The van der Waals surface area contributed by atoms with Crippen LogP contribution in [-0.2, 0) is 16.1 Å². The molecule has 0 bridgehead atoms. The lowest BCUT2D eigenvalue weighted by Crippen LogP contribution is -2.48. The Bertz CT molecular complexity index is 704. The third-order valence-corrected chi connectivity index (χ3v) is 4.31. The van der Waals surface area contributed by atoms with E-state index in [0.29, 0.717) is 12.3 Å². The minimum Gasteiger partial charge on any atom is -0.484 e. The number of rotatable bonds is 7. The molecule has 0 spiro atoms. The summed E-state index contributed by atoms with van der Waals surface area (Å²) in [7, 11) is 1.56. The number of likely N-dealkylation sites (N-methyl/N-ethyl adjacent to an activating group) is 1. The number of nitrogens with one attached hydrogen (secondary N) is 1. The van der Waals surface area contributed by atoms with E-state index < -0.39 is 6.04 Å². The molecular weight excluding hydrogens is 384 g/mol. The second-order valence-electron chi connectivity index (χ2n) is 5.54. The van der Waals surface area contributed by atoms with Crippen molar-refractivity contribution in [3.05, 3.63) is 64.6 Å². The van der Waals surface area contributed by atoms with Gasteiger partial charge in [-0.25, -0.2) is 0 Å². The molecule has 0 aliphatic rings. The van der Waals surface area contributed by atoms with Crippen LogP contribution in [0.5, 0.6) is 5.75 Å². The van der Waals surface area contributed by atoms with Crippen LogP contribution in [-0.4, -0.2) is 36.4 Å². The standard InChI is InChI=1S/C19H21BrN2O3/c1-14(19(24)21-2)22(12-15-8-10-16(20)11-9-15)18(23)13-25-17-6-4-3-5-7-17/h3-11,14H,12-13H2,1-2H3,(H,21,24). The Morgan fingerprint density at radius 2 is 1.76 bits per heavy atom. The first-order chi connectivity index (χ1) is 12.0. The highest BCUT2D eigenvalue weighted by Gasteiger charge is 2.25. The number of ether oxygens (including phenoxy) is 1. The van der Waals surface area contributed by atoms with Gasteiger partial charge in [-0.3, -0.25) is 9.59 Å². The van der Waals surface area contributed by atoms with E-state index in [2.05, 4.69) is 21.2 Å². The Kier molecular flexibility index (Phi) is 7.01. The van der Waals surface area contributed by atoms with Crippen molar-refractivity contribution in [3.63, 3.8) is 0 Å². The maximum Gasteiger partial charge on any atom is 0.261 e. The summed E-state index contributed by atoms with van der Waals surface area (Å²) in [4.78, 5) is 26.2. The first-order valence-electron chi connectivity index (χ1n) is 7.94. The lowest BCUT2D eigenvalue weighted by Gasteiger charge is -2.28. The molecule has 1 unspecified atom stereocenters. The largest absolute Gasteiger partial charge is 0.484 e. The van der Waals surface area contributed by atoms with Gasteiger partial charge in [-0.15, -0.1) is 0 Å². The predicted molar refractivity (Wildman–Crippen MR) is 100 cm³/mol. The number of halogens is 1. The van der Waals surface area contributed by atoms with Crippen LogP contribution in [0.4, 0.5) is 0 Å². The van der Waals surface area contributed by atoms with E-state index in [1.165, 1.54) is 4.90 Å². The van der Waals surface area contributed by atoms with Gasteiger partial charge in [-0.1, -0.05) is 46.3 Å². The van der Waals surface area contributed by atoms with Gasteiger partial charge in [0.25, 0.3) is 5.91 Å². The van der Waals surface area contributed by atoms with E-state index in [1.54, 1.807) is 26.1 Å². The molecule has 0 saturated carbocycles. The molecule has 0 aliphatic carbocycles. The van der Waals surface area contributed by atoms with Gasteiger partial charge in [0.05, 0.1) is 0 Å². The maximum atomic E-state index is 12.7. The van der Waals surface area contributed by atoms with Crippen molar-refractivity contribution in [2.24, 2.45) is 0 Å². The lowest BCUT2D eigenvalue weighted by molar-refractivity contribution is -0.142. The maximum absolute atomic E-state index is 12.7. The van der Waals surface area contributed by atoms with Gasteiger partial charge in [0.15, 0.2) is 6.61 Å². The summed E-state index contributed by atoms with van der Waals surface area (Å²) < 4.78 is 6.50. The summed E-state index contributed by atoms with van der Waals surface area (Å²) in [5.74, 6) is 0.153. The highest BCUT2D eigenvalue weighted by atomic mass is 79.9. The quantitative estimate of drug-likeness (QED) is 0.771. The van der Waals surface area contributed by atoms with Crippen molar-refractivity contribution in [2.45, 2.75) is 19.5 Å². The van der Waals surface area contributed by atoms with E-state index in [9.17, 15) is 9.59 Å². The van der Waals surface area contributed by atoms with Crippen LogP contribution in [0.3, 0.4) is 0 Å². The summed E-state index contributed by atoms with van der Waals surface area (Å²) in [6, 6.07) is 16.2. The van der Waals surface area contributed by atoms with Crippen molar-refractivity contribution < 1.29 is 14.3 Å². The Morgan fingerprint density at radius 3 is 2.36 bits per heavy atom. The molecule has 1 N–H and O–H groups in total. The SMILES string of the molecule is CNC(=O)C(C)N(Cc1ccc(Br)cc1)C(=O)COc1ccccc1.